The molecule has 0 aliphatic heterocycles. The molecule has 0 aliphatic carbocycles. The Bertz CT molecular complexity index is 681. The van der Waals surface area contributed by atoms with Crippen LogP contribution in [0, 0.1) is 13.8 Å². The van der Waals surface area contributed by atoms with Gasteiger partial charge in [-0.3, -0.25) is 4.68 Å². The monoisotopic (exact) mass is 336 g/mol. The van der Waals surface area contributed by atoms with E-state index in [9.17, 15) is 0 Å². The fourth-order valence-corrected chi connectivity index (χ4v) is 2.84. The highest BCUT2D eigenvalue weighted by Crippen LogP contribution is 2.23. The topological polar surface area (TPSA) is 41.9 Å². The molecular weight excluding hydrogens is 316 g/mol. The maximum Gasteiger partial charge on any atom is 0.171 e. The normalized spacial score (nSPS) is 12.0. The summed E-state index contributed by atoms with van der Waals surface area (Å²) >= 11 is 11.5. The van der Waals surface area contributed by atoms with E-state index >= 15 is 0 Å². The lowest BCUT2D eigenvalue weighted by Gasteiger charge is -2.18. The van der Waals surface area contributed by atoms with Gasteiger partial charge in [0.05, 0.1) is 12.2 Å². The Balaban J connectivity index is 2.05. The molecule has 0 bridgehead atoms. The van der Waals surface area contributed by atoms with E-state index in [0.717, 1.165) is 34.1 Å². The van der Waals surface area contributed by atoms with Crippen LogP contribution in [0.4, 0.5) is 5.69 Å². The van der Waals surface area contributed by atoms with Gasteiger partial charge in [0.25, 0.3) is 0 Å². The predicted octanol–water partition coefficient (Wildman–Crippen LogP) is 4.22. The smallest absolute Gasteiger partial charge is 0.171 e. The molecule has 0 aliphatic rings. The zero-order chi connectivity index (χ0) is 16.3. The van der Waals surface area contributed by atoms with E-state index < -0.39 is 0 Å². The lowest BCUT2D eigenvalue weighted by atomic mass is 10.1. The first kappa shape index (κ1) is 16.8. The first-order valence-electron chi connectivity index (χ1n) is 7.29. The SMILES string of the molecule is CCn1ncc(C(C)NC(=S)Nc2cccc(Cl)c2C)c1C. The van der Waals surface area contributed by atoms with Crippen LogP contribution in [0.25, 0.3) is 0 Å². The van der Waals surface area contributed by atoms with Gasteiger partial charge in [0.1, 0.15) is 0 Å². The van der Waals surface area contributed by atoms with Crippen LogP contribution in [0.2, 0.25) is 5.02 Å². The number of hydrogen-bond acceptors (Lipinski definition) is 2. The van der Waals surface area contributed by atoms with Gasteiger partial charge in [-0.2, -0.15) is 5.10 Å². The van der Waals surface area contributed by atoms with Crippen LogP contribution < -0.4 is 10.6 Å². The molecule has 118 valence electrons. The third-order valence-corrected chi connectivity index (χ3v) is 4.40. The number of aromatic nitrogens is 2. The highest BCUT2D eigenvalue weighted by Gasteiger charge is 2.14. The molecule has 2 rings (SSSR count). The van der Waals surface area contributed by atoms with Gasteiger partial charge in [0.15, 0.2) is 5.11 Å². The van der Waals surface area contributed by atoms with Crippen LogP contribution >= 0.6 is 23.8 Å². The number of nitrogens with one attached hydrogen (secondary N) is 2. The second-order valence-electron chi connectivity index (χ2n) is 5.23. The summed E-state index contributed by atoms with van der Waals surface area (Å²) in [6.45, 7) is 9.05. The van der Waals surface area contributed by atoms with Crippen molar-refractivity contribution in [1.82, 2.24) is 15.1 Å². The van der Waals surface area contributed by atoms with Crippen molar-refractivity contribution in [3.8, 4) is 0 Å². The summed E-state index contributed by atoms with van der Waals surface area (Å²) in [5.74, 6) is 0. The molecule has 0 amide bonds. The number of halogens is 1. The minimum absolute atomic E-state index is 0.0831. The second kappa shape index (κ2) is 7.11. The fraction of sp³-hybridized carbons (Fsp3) is 0.375. The molecule has 2 N–H and O–H groups in total. The molecule has 0 saturated heterocycles. The van der Waals surface area contributed by atoms with Crippen LogP contribution in [0.15, 0.2) is 24.4 Å². The fourth-order valence-electron chi connectivity index (χ4n) is 2.38. The highest BCUT2D eigenvalue weighted by atomic mass is 35.5. The van der Waals surface area contributed by atoms with E-state index in [1.54, 1.807) is 0 Å². The largest absolute Gasteiger partial charge is 0.356 e. The van der Waals surface area contributed by atoms with E-state index in [-0.39, 0.29) is 6.04 Å². The van der Waals surface area contributed by atoms with E-state index in [2.05, 4.69) is 36.5 Å². The number of thiocarbonyl (C=S) groups is 1. The summed E-state index contributed by atoms with van der Waals surface area (Å²) in [5.41, 5.74) is 4.20. The molecule has 2 aromatic rings. The molecule has 4 nitrogen and oxygen atoms in total. The van der Waals surface area contributed by atoms with Crippen molar-refractivity contribution < 1.29 is 0 Å². The number of benzene rings is 1. The number of rotatable bonds is 4. The lowest BCUT2D eigenvalue weighted by molar-refractivity contribution is 0.633. The average Bonchev–Trinajstić information content (AvgIpc) is 2.84. The standard InChI is InChI=1S/C16H21ClN4S/c1-5-21-12(4)13(9-18-21)11(3)19-16(22)20-15-8-6-7-14(17)10(15)2/h6-9,11H,5H2,1-4H3,(H2,19,20,22). The van der Waals surface area contributed by atoms with Crippen LogP contribution in [-0.2, 0) is 6.54 Å². The third-order valence-electron chi connectivity index (χ3n) is 3.77. The molecule has 22 heavy (non-hydrogen) atoms. The van der Waals surface area contributed by atoms with Crippen LogP contribution in [0.1, 0.15) is 36.7 Å². The molecule has 0 radical (unpaired) electrons. The molecule has 1 aromatic heterocycles. The summed E-state index contributed by atoms with van der Waals surface area (Å²) in [7, 11) is 0. The Labute approximate surface area is 141 Å². The molecule has 1 unspecified atom stereocenters. The van der Waals surface area contributed by atoms with Crippen LogP contribution in [-0.4, -0.2) is 14.9 Å². The molecule has 1 heterocycles. The van der Waals surface area contributed by atoms with E-state index in [4.69, 9.17) is 23.8 Å². The summed E-state index contributed by atoms with van der Waals surface area (Å²) in [6.07, 6.45) is 1.89. The maximum absolute atomic E-state index is 6.12. The summed E-state index contributed by atoms with van der Waals surface area (Å²) in [5, 5.41) is 12.2. The van der Waals surface area contributed by atoms with Crippen LogP contribution in [0.3, 0.4) is 0 Å². The number of hydrogen-bond donors (Lipinski definition) is 2. The predicted molar refractivity (Wildman–Crippen MR) is 96.6 cm³/mol. The van der Waals surface area contributed by atoms with Gasteiger partial charge in [0.2, 0.25) is 0 Å². The Morgan fingerprint density at radius 2 is 2.14 bits per heavy atom. The molecule has 1 atom stereocenters. The quantitative estimate of drug-likeness (QED) is 0.820. The van der Waals surface area contributed by atoms with Crippen molar-refractivity contribution in [1.29, 1.82) is 0 Å². The summed E-state index contributed by atoms with van der Waals surface area (Å²) < 4.78 is 1.98. The maximum atomic E-state index is 6.12. The summed E-state index contributed by atoms with van der Waals surface area (Å²) in [6, 6.07) is 5.81. The van der Waals surface area contributed by atoms with Gasteiger partial charge >= 0.3 is 0 Å². The van der Waals surface area contributed by atoms with Gasteiger partial charge < -0.3 is 10.6 Å². The highest BCUT2D eigenvalue weighted by molar-refractivity contribution is 7.80. The Morgan fingerprint density at radius 3 is 2.77 bits per heavy atom. The van der Waals surface area contributed by atoms with Crippen molar-refractivity contribution in [2.75, 3.05) is 5.32 Å². The minimum Gasteiger partial charge on any atom is -0.356 e. The van der Waals surface area contributed by atoms with Crippen LogP contribution in [0.5, 0.6) is 0 Å². The van der Waals surface area contributed by atoms with Crippen molar-refractivity contribution in [3.63, 3.8) is 0 Å². The van der Waals surface area contributed by atoms with Gasteiger partial charge in [0, 0.05) is 28.5 Å². The van der Waals surface area contributed by atoms with E-state index in [1.807, 2.05) is 36.0 Å². The Morgan fingerprint density at radius 1 is 1.41 bits per heavy atom. The number of anilines is 1. The first-order valence-corrected chi connectivity index (χ1v) is 8.07. The van der Waals surface area contributed by atoms with Gasteiger partial charge in [-0.25, -0.2) is 0 Å². The van der Waals surface area contributed by atoms with Gasteiger partial charge in [-0.15, -0.1) is 0 Å². The number of nitrogens with zero attached hydrogens (tertiary/aromatic N) is 2. The van der Waals surface area contributed by atoms with Crippen molar-refractivity contribution >= 4 is 34.6 Å². The third kappa shape index (κ3) is 3.59. The Kier molecular flexibility index (Phi) is 5.42. The minimum atomic E-state index is 0.0831. The van der Waals surface area contributed by atoms with Crippen molar-refractivity contribution in [2.24, 2.45) is 0 Å². The number of aryl methyl sites for hydroxylation is 1. The second-order valence-corrected chi connectivity index (χ2v) is 6.05. The molecule has 0 saturated carbocycles. The lowest BCUT2D eigenvalue weighted by Crippen LogP contribution is -2.31. The van der Waals surface area contributed by atoms with Crippen molar-refractivity contribution in [3.05, 3.63) is 46.2 Å². The van der Waals surface area contributed by atoms with E-state index in [0.29, 0.717) is 5.11 Å². The van der Waals surface area contributed by atoms with Gasteiger partial charge in [-0.1, -0.05) is 17.7 Å². The first-order chi connectivity index (χ1) is 10.4. The summed E-state index contributed by atoms with van der Waals surface area (Å²) in [4.78, 5) is 0. The molecule has 0 spiro atoms. The van der Waals surface area contributed by atoms with Crippen molar-refractivity contribution in [2.45, 2.75) is 40.3 Å². The Hall–Kier alpha value is -1.59. The molecule has 1 aromatic carbocycles. The average molecular weight is 337 g/mol. The molecular formula is C16H21ClN4S. The zero-order valence-electron chi connectivity index (χ0n) is 13.3. The zero-order valence-corrected chi connectivity index (χ0v) is 14.8. The molecule has 6 heteroatoms. The molecule has 0 fully saturated rings. The van der Waals surface area contributed by atoms with E-state index in [1.165, 1.54) is 0 Å². The van der Waals surface area contributed by atoms with Gasteiger partial charge in [-0.05, 0) is 57.6 Å².